The number of benzene rings is 3. The number of carbonyl (C=O) groups excluding carboxylic acids is 1. The maximum Gasteiger partial charge on any atom is 0.254 e. The predicted molar refractivity (Wildman–Crippen MR) is 119 cm³/mol. The molecule has 31 heavy (non-hydrogen) atoms. The Labute approximate surface area is 181 Å². The molecule has 1 aliphatic heterocycles. The molecule has 0 spiro atoms. The third-order valence-electron chi connectivity index (χ3n) is 5.89. The van der Waals surface area contributed by atoms with Gasteiger partial charge >= 0.3 is 0 Å². The second-order valence-electron chi connectivity index (χ2n) is 7.85. The van der Waals surface area contributed by atoms with Crippen molar-refractivity contribution in [1.29, 1.82) is 0 Å². The molecular weight excluding hydrogens is 388 g/mol. The maximum absolute atomic E-state index is 13.4. The quantitative estimate of drug-likeness (QED) is 0.440. The molecule has 5 heteroatoms. The fraction of sp³-hybridized carbons (Fsp3) is 0.231. The third kappa shape index (κ3) is 3.79. The number of oxazole rings is 1. The van der Waals surface area contributed by atoms with Crippen LogP contribution in [0.5, 0.6) is 5.75 Å². The number of methoxy groups -OCH3 is 1. The summed E-state index contributed by atoms with van der Waals surface area (Å²) in [7, 11) is 1.67. The van der Waals surface area contributed by atoms with E-state index in [0.717, 1.165) is 36.3 Å². The molecule has 0 N–H and O–H groups in total. The number of hydrogen-bond donors (Lipinski definition) is 0. The van der Waals surface area contributed by atoms with E-state index in [4.69, 9.17) is 9.15 Å². The van der Waals surface area contributed by atoms with Gasteiger partial charge in [-0.3, -0.25) is 4.79 Å². The highest BCUT2D eigenvalue weighted by atomic mass is 16.5. The number of ether oxygens (including phenoxy) is 1. The summed E-state index contributed by atoms with van der Waals surface area (Å²) >= 11 is 0. The van der Waals surface area contributed by atoms with Crippen molar-refractivity contribution < 1.29 is 13.9 Å². The van der Waals surface area contributed by atoms with Crippen LogP contribution in [0.25, 0.3) is 11.1 Å². The number of carbonyl (C=O) groups is 1. The van der Waals surface area contributed by atoms with Crippen LogP contribution < -0.4 is 4.74 Å². The average Bonchev–Trinajstić information content (AvgIpc) is 3.45. The van der Waals surface area contributed by atoms with Gasteiger partial charge in [0.15, 0.2) is 11.5 Å². The molecule has 0 bridgehead atoms. The van der Waals surface area contributed by atoms with Gasteiger partial charge in [-0.25, -0.2) is 4.98 Å². The molecule has 1 amide bonds. The molecule has 4 aromatic rings. The van der Waals surface area contributed by atoms with E-state index in [-0.39, 0.29) is 11.9 Å². The van der Waals surface area contributed by atoms with Crippen LogP contribution in [0.4, 0.5) is 0 Å². The van der Waals surface area contributed by atoms with Crippen molar-refractivity contribution in [1.82, 2.24) is 9.88 Å². The zero-order valence-electron chi connectivity index (χ0n) is 17.5. The van der Waals surface area contributed by atoms with Crippen molar-refractivity contribution >= 4 is 17.0 Å². The molecule has 1 aliphatic rings. The minimum absolute atomic E-state index is 0.0166. The summed E-state index contributed by atoms with van der Waals surface area (Å²) in [5.74, 6) is 1.49. The molecule has 1 fully saturated rings. The van der Waals surface area contributed by atoms with Gasteiger partial charge in [0.1, 0.15) is 11.3 Å². The summed E-state index contributed by atoms with van der Waals surface area (Å²) < 4.78 is 11.4. The normalized spacial score (nSPS) is 16.0. The molecule has 1 atom stereocenters. The van der Waals surface area contributed by atoms with Gasteiger partial charge < -0.3 is 14.1 Å². The molecule has 5 rings (SSSR count). The summed E-state index contributed by atoms with van der Waals surface area (Å²) in [6, 6.07) is 23.6. The van der Waals surface area contributed by atoms with Gasteiger partial charge in [0.2, 0.25) is 0 Å². The van der Waals surface area contributed by atoms with Crippen molar-refractivity contribution in [2.75, 3.05) is 13.7 Å². The van der Waals surface area contributed by atoms with E-state index in [0.29, 0.717) is 29.0 Å². The van der Waals surface area contributed by atoms with E-state index in [1.54, 1.807) is 7.11 Å². The molecule has 3 aromatic carbocycles. The second-order valence-corrected chi connectivity index (χ2v) is 7.85. The van der Waals surface area contributed by atoms with E-state index < -0.39 is 0 Å². The third-order valence-corrected chi connectivity index (χ3v) is 5.89. The highest BCUT2D eigenvalue weighted by Gasteiger charge is 2.32. The molecule has 1 aromatic heterocycles. The Morgan fingerprint density at radius 2 is 1.90 bits per heavy atom. The molecule has 2 heterocycles. The van der Waals surface area contributed by atoms with Gasteiger partial charge in [-0.15, -0.1) is 0 Å². The summed E-state index contributed by atoms with van der Waals surface area (Å²) in [6.45, 7) is 0.734. The number of fused-ring (bicyclic) bond motifs is 1. The highest BCUT2D eigenvalue weighted by Crippen LogP contribution is 2.37. The molecule has 0 saturated carbocycles. The number of likely N-dealkylation sites (tertiary alicyclic amines) is 1. The van der Waals surface area contributed by atoms with Crippen LogP contribution in [0.1, 0.15) is 46.3 Å². The van der Waals surface area contributed by atoms with Crippen LogP contribution in [0.2, 0.25) is 0 Å². The Morgan fingerprint density at radius 3 is 2.74 bits per heavy atom. The van der Waals surface area contributed by atoms with Crippen molar-refractivity contribution in [3.63, 3.8) is 0 Å². The average molecular weight is 412 g/mol. The van der Waals surface area contributed by atoms with Crippen LogP contribution in [0, 0.1) is 0 Å². The van der Waals surface area contributed by atoms with Crippen molar-refractivity contribution in [3.05, 3.63) is 95.4 Å². The monoisotopic (exact) mass is 412 g/mol. The van der Waals surface area contributed by atoms with E-state index >= 15 is 0 Å². The molecule has 156 valence electrons. The predicted octanol–water partition coefficient (Wildman–Crippen LogP) is 5.40. The minimum atomic E-state index is 0.0166. The lowest BCUT2D eigenvalue weighted by Crippen LogP contribution is -2.30. The summed E-state index contributed by atoms with van der Waals surface area (Å²) in [4.78, 5) is 20.0. The van der Waals surface area contributed by atoms with E-state index in [1.165, 1.54) is 0 Å². The van der Waals surface area contributed by atoms with Crippen molar-refractivity contribution in [2.24, 2.45) is 0 Å². The molecule has 0 unspecified atom stereocenters. The summed E-state index contributed by atoms with van der Waals surface area (Å²) in [5, 5.41) is 0. The Hall–Kier alpha value is -3.60. The van der Waals surface area contributed by atoms with Crippen molar-refractivity contribution in [2.45, 2.75) is 25.3 Å². The molecule has 5 nitrogen and oxygen atoms in total. The zero-order valence-corrected chi connectivity index (χ0v) is 17.5. The minimum Gasteiger partial charge on any atom is -0.496 e. The summed E-state index contributed by atoms with van der Waals surface area (Å²) in [5.41, 5.74) is 4.24. The number of rotatable bonds is 5. The number of amides is 1. The van der Waals surface area contributed by atoms with E-state index in [2.05, 4.69) is 17.1 Å². The van der Waals surface area contributed by atoms with Crippen LogP contribution >= 0.6 is 0 Å². The first-order chi connectivity index (χ1) is 15.2. The Morgan fingerprint density at radius 1 is 1.10 bits per heavy atom. The van der Waals surface area contributed by atoms with Gasteiger partial charge in [-0.05, 0) is 42.7 Å². The first kappa shape index (κ1) is 19.4. The standard InChI is InChI=1S/C26H24N2O3/c1-30-23-12-6-5-10-20(23)22-11-7-15-28(22)26(29)19-13-14-24-21(17-19)27-25(31-24)16-18-8-3-2-4-9-18/h2-6,8-10,12-14,17,22H,7,11,15-16H2,1H3/t22-/m0/s1. The SMILES string of the molecule is COc1ccccc1[C@@H]1CCCN1C(=O)c1ccc2oc(Cc3ccccc3)nc2c1. The highest BCUT2D eigenvalue weighted by molar-refractivity contribution is 5.97. The van der Waals surface area contributed by atoms with E-state index in [1.807, 2.05) is 65.6 Å². The first-order valence-electron chi connectivity index (χ1n) is 10.6. The zero-order chi connectivity index (χ0) is 21.2. The van der Waals surface area contributed by atoms with Gasteiger partial charge in [0.25, 0.3) is 5.91 Å². The lowest BCUT2D eigenvalue weighted by molar-refractivity contribution is 0.0734. The Kier molecular flexibility index (Phi) is 5.16. The Bertz CT molecular complexity index is 1220. The van der Waals surface area contributed by atoms with Gasteiger partial charge in [0.05, 0.1) is 13.2 Å². The summed E-state index contributed by atoms with van der Waals surface area (Å²) in [6.07, 6.45) is 2.53. The van der Waals surface area contributed by atoms with Crippen LogP contribution in [0.3, 0.4) is 0 Å². The van der Waals surface area contributed by atoms with Gasteiger partial charge in [-0.1, -0.05) is 48.5 Å². The van der Waals surface area contributed by atoms with Crippen LogP contribution in [-0.4, -0.2) is 29.4 Å². The molecular formula is C26H24N2O3. The fourth-order valence-corrected chi connectivity index (χ4v) is 4.39. The molecule has 1 saturated heterocycles. The first-order valence-corrected chi connectivity index (χ1v) is 10.6. The lowest BCUT2D eigenvalue weighted by Gasteiger charge is -2.26. The van der Waals surface area contributed by atoms with Crippen LogP contribution in [0.15, 0.2) is 77.2 Å². The number of para-hydroxylation sites is 1. The number of nitrogens with zero attached hydrogens (tertiary/aromatic N) is 2. The number of aromatic nitrogens is 1. The Balaban J connectivity index is 1.41. The molecule has 0 radical (unpaired) electrons. The molecule has 0 aliphatic carbocycles. The van der Waals surface area contributed by atoms with Crippen molar-refractivity contribution in [3.8, 4) is 5.75 Å². The largest absolute Gasteiger partial charge is 0.496 e. The van der Waals surface area contributed by atoms with E-state index in [9.17, 15) is 4.79 Å². The lowest BCUT2D eigenvalue weighted by atomic mass is 10.0. The van der Waals surface area contributed by atoms with Gasteiger partial charge in [-0.2, -0.15) is 0 Å². The maximum atomic E-state index is 13.4. The fourth-order valence-electron chi connectivity index (χ4n) is 4.39. The van der Waals surface area contributed by atoms with Gasteiger partial charge in [0, 0.05) is 24.1 Å². The van der Waals surface area contributed by atoms with Crippen LogP contribution in [-0.2, 0) is 6.42 Å². The topological polar surface area (TPSA) is 55.6 Å². The smallest absolute Gasteiger partial charge is 0.254 e. The second kappa shape index (κ2) is 8.26. The number of hydrogen-bond acceptors (Lipinski definition) is 4.